The molecule has 6 nitrogen and oxygen atoms in total. The third-order valence-corrected chi connectivity index (χ3v) is 5.48. The van der Waals surface area contributed by atoms with Crippen LogP contribution in [0.5, 0.6) is 0 Å². The molecule has 0 spiro atoms. The lowest BCUT2D eigenvalue weighted by molar-refractivity contribution is 0.601. The molecule has 0 saturated carbocycles. The van der Waals surface area contributed by atoms with Gasteiger partial charge in [0.25, 0.3) is 10.0 Å². The summed E-state index contributed by atoms with van der Waals surface area (Å²) in [4.78, 5) is -0.00107. The van der Waals surface area contributed by atoms with E-state index >= 15 is 0 Å². The number of sulfonamides is 1. The second-order valence-electron chi connectivity index (χ2n) is 4.08. The van der Waals surface area contributed by atoms with Gasteiger partial charge in [0, 0.05) is 10.7 Å². The molecule has 9 heteroatoms. The summed E-state index contributed by atoms with van der Waals surface area (Å²) in [5.41, 5.74) is 6.71. The minimum atomic E-state index is -3.78. The van der Waals surface area contributed by atoms with Crippen molar-refractivity contribution in [2.45, 2.75) is 25.2 Å². The Morgan fingerprint density at radius 1 is 1.40 bits per heavy atom. The van der Waals surface area contributed by atoms with E-state index < -0.39 is 10.0 Å². The second-order valence-corrected chi connectivity index (χ2v) is 7.23. The van der Waals surface area contributed by atoms with E-state index in [1.54, 1.807) is 6.92 Å². The Bertz CT molecular complexity index is 720. The zero-order valence-corrected chi connectivity index (χ0v) is 13.2. The topological polar surface area (TPSA) is 98.0 Å². The van der Waals surface area contributed by atoms with Crippen LogP contribution >= 0.6 is 22.9 Å². The summed E-state index contributed by atoms with van der Waals surface area (Å²) in [6.45, 7) is 3.64. The van der Waals surface area contributed by atoms with Crippen LogP contribution in [0.4, 0.5) is 10.8 Å². The molecule has 0 bridgehead atoms. The molecular weight excluding hydrogens is 320 g/mol. The van der Waals surface area contributed by atoms with E-state index in [0.717, 1.165) is 5.01 Å². The van der Waals surface area contributed by atoms with Gasteiger partial charge < -0.3 is 5.73 Å². The molecule has 0 unspecified atom stereocenters. The molecule has 108 valence electrons. The maximum absolute atomic E-state index is 12.2. The average molecular weight is 333 g/mol. The highest BCUT2D eigenvalue weighted by Gasteiger charge is 2.19. The first-order valence-electron chi connectivity index (χ1n) is 5.74. The van der Waals surface area contributed by atoms with Gasteiger partial charge in [0.05, 0.1) is 4.90 Å². The van der Waals surface area contributed by atoms with Crippen molar-refractivity contribution in [3.05, 3.63) is 27.7 Å². The predicted octanol–water partition coefficient (Wildman–Crippen LogP) is 2.45. The van der Waals surface area contributed by atoms with Gasteiger partial charge in [-0.15, -0.1) is 10.2 Å². The summed E-state index contributed by atoms with van der Waals surface area (Å²) in [7, 11) is -3.78. The number of nitrogen functional groups attached to an aromatic ring is 1. The summed E-state index contributed by atoms with van der Waals surface area (Å²) >= 11 is 7.15. The Kier molecular flexibility index (Phi) is 4.17. The fourth-order valence-corrected chi connectivity index (χ4v) is 3.70. The van der Waals surface area contributed by atoms with Crippen molar-refractivity contribution in [1.29, 1.82) is 0 Å². The number of nitrogens with two attached hydrogens (primary N) is 1. The fourth-order valence-electron chi connectivity index (χ4n) is 1.44. The van der Waals surface area contributed by atoms with Crippen LogP contribution in [0.3, 0.4) is 0 Å². The normalized spacial score (nSPS) is 11.6. The van der Waals surface area contributed by atoms with E-state index in [2.05, 4.69) is 14.9 Å². The van der Waals surface area contributed by atoms with Gasteiger partial charge in [-0.2, -0.15) is 0 Å². The standard InChI is InChI=1S/C11H13ClN4O2S2/c1-3-10-14-15-11(19-10)16-20(17,18)7-4-8(12)6(2)9(13)5-7/h4-5H,3,13H2,1-2H3,(H,15,16). The monoisotopic (exact) mass is 332 g/mol. The first-order valence-corrected chi connectivity index (χ1v) is 8.42. The maximum Gasteiger partial charge on any atom is 0.263 e. The van der Waals surface area contributed by atoms with Crippen LogP contribution < -0.4 is 10.5 Å². The predicted molar refractivity (Wildman–Crippen MR) is 80.7 cm³/mol. The summed E-state index contributed by atoms with van der Waals surface area (Å²) in [6.07, 6.45) is 0.697. The molecule has 1 aromatic carbocycles. The molecule has 20 heavy (non-hydrogen) atoms. The first-order chi connectivity index (χ1) is 9.33. The number of hydrogen-bond donors (Lipinski definition) is 2. The third kappa shape index (κ3) is 3.02. The molecule has 1 aromatic heterocycles. The van der Waals surface area contributed by atoms with Gasteiger partial charge in [0.15, 0.2) is 0 Å². The highest BCUT2D eigenvalue weighted by atomic mass is 35.5. The number of anilines is 2. The van der Waals surface area contributed by atoms with Crippen LogP contribution in [0.1, 0.15) is 17.5 Å². The van der Waals surface area contributed by atoms with Gasteiger partial charge in [-0.25, -0.2) is 8.42 Å². The molecule has 0 aliphatic rings. The van der Waals surface area contributed by atoms with Crippen LogP contribution in [-0.2, 0) is 16.4 Å². The van der Waals surface area contributed by atoms with Gasteiger partial charge >= 0.3 is 0 Å². The quantitative estimate of drug-likeness (QED) is 0.838. The van der Waals surface area contributed by atoms with Crippen molar-refractivity contribution in [3.8, 4) is 0 Å². The van der Waals surface area contributed by atoms with Crippen LogP contribution in [0, 0.1) is 6.92 Å². The number of benzene rings is 1. The molecule has 0 atom stereocenters. The number of nitrogens with one attached hydrogen (secondary N) is 1. The Morgan fingerprint density at radius 2 is 2.10 bits per heavy atom. The van der Waals surface area contributed by atoms with Crippen molar-refractivity contribution >= 4 is 43.8 Å². The number of aryl methyl sites for hydroxylation is 1. The summed E-state index contributed by atoms with van der Waals surface area (Å²) in [5.74, 6) is 0. The molecule has 1 heterocycles. The number of halogens is 1. The van der Waals surface area contributed by atoms with Crippen LogP contribution in [0.25, 0.3) is 0 Å². The van der Waals surface area contributed by atoms with Gasteiger partial charge in [-0.3, -0.25) is 4.72 Å². The van der Waals surface area contributed by atoms with Crippen molar-refractivity contribution in [2.75, 3.05) is 10.5 Å². The maximum atomic E-state index is 12.2. The van der Waals surface area contributed by atoms with Crippen molar-refractivity contribution in [1.82, 2.24) is 10.2 Å². The molecule has 0 aliphatic carbocycles. The van der Waals surface area contributed by atoms with E-state index in [1.807, 2.05) is 6.92 Å². The molecule has 0 amide bonds. The minimum Gasteiger partial charge on any atom is -0.398 e. The number of hydrogen-bond acceptors (Lipinski definition) is 6. The molecule has 0 aliphatic heterocycles. The van der Waals surface area contributed by atoms with Gasteiger partial charge in [-0.1, -0.05) is 29.9 Å². The minimum absolute atomic E-state index is 0.00107. The zero-order valence-electron chi connectivity index (χ0n) is 10.8. The van der Waals surface area contributed by atoms with E-state index in [1.165, 1.54) is 23.5 Å². The molecular formula is C11H13ClN4O2S2. The van der Waals surface area contributed by atoms with Crippen molar-refractivity contribution < 1.29 is 8.42 Å². The Balaban J connectivity index is 2.35. The van der Waals surface area contributed by atoms with E-state index in [4.69, 9.17) is 17.3 Å². The van der Waals surface area contributed by atoms with Crippen LogP contribution in [0.15, 0.2) is 17.0 Å². The largest absolute Gasteiger partial charge is 0.398 e. The summed E-state index contributed by atoms with van der Waals surface area (Å²) in [6, 6.07) is 2.72. The van der Waals surface area contributed by atoms with Gasteiger partial charge in [0.1, 0.15) is 5.01 Å². The van der Waals surface area contributed by atoms with Crippen molar-refractivity contribution in [3.63, 3.8) is 0 Å². The Morgan fingerprint density at radius 3 is 2.65 bits per heavy atom. The summed E-state index contributed by atoms with van der Waals surface area (Å²) < 4.78 is 26.8. The van der Waals surface area contributed by atoms with Crippen molar-refractivity contribution in [2.24, 2.45) is 0 Å². The number of nitrogens with zero attached hydrogens (tertiary/aromatic N) is 2. The molecule has 0 fully saturated rings. The van der Waals surface area contributed by atoms with Gasteiger partial charge in [0.2, 0.25) is 5.13 Å². The summed E-state index contributed by atoms with van der Waals surface area (Å²) in [5, 5.41) is 8.90. The molecule has 0 radical (unpaired) electrons. The average Bonchev–Trinajstić information content (AvgIpc) is 2.82. The molecule has 3 N–H and O–H groups in total. The highest BCUT2D eigenvalue weighted by molar-refractivity contribution is 7.93. The molecule has 2 aromatic rings. The fraction of sp³-hybridized carbons (Fsp3) is 0.273. The number of rotatable bonds is 4. The third-order valence-electron chi connectivity index (χ3n) is 2.66. The first kappa shape index (κ1) is 15.0. The SMILES string of the molecule is CCc1nnc(NS(=O)(=O)c2cc(N)c(C)c(Cl)c2)s1. The second kappa shape index (κ2) is 5.55. The lowest BCUT2D eigenvalue weighted by atomic mass is 10.2. The lowest BCUT2D eigenvalue weighted by Crippen LogP contribution is -2.13. The zero-order chi connectivity index (χ0) is 14.9. The van der Waals surface area contributed by atoms with E-state index in [9.17, 15) is 8.42 Å². The Labute approximate surface area is 126 Å². The Hall–Kier alpha value is -1.38. The lowest BCUT2D eigenvalue weighted by Gasteiger charge is -2.08. The molecule has 0 saturated heterocycles. The smallest absolute Gasteiger partial charge is 0.263 e. The number of aromatic nitrogens is 2. The molecule has 2 rings (SSSR count). The van der Waals surface area contributed by atoms with Crippen LogP contribution in [-0.4, -0.2) is 18.6 Å². The van der Waals surface area contributed by atoms with E-state index in [0.29, 0.717) is 22.7 Å². The van der Waals surface area contributed by atoms with E-state index in [-0.39, 0.29) is 10.0 Å². The van der Waals surface area contributed by atoms with Gasteiger partial charge in [-0.05, 0) is 31.0 Å². The highest BCUT2D eigenvalue weighted by Crippen LogP contribution is 2.27. The van der Waals surface area contributed by atoms with Crippen LogP contribution in [0.2, 0.25) is 5.02 Å².